The predicted molar refractivity (Wildman–Crippen MR) is 93.8 cm³/mol. The van der Waals surface area contributed by atoms with Crippen LogP contribution in [0.15, 0.2) is 41.3 Å². The Hall–Kier alpha value is -2.53. The van der Waals surface area contributed by atoms with Crippen molar-refractivity contribution in [2.24, 2.45) is 5.41 Å². The largest absolute Gasteiger partial charge is 0.322 e. The molecule has 156 valence electrons. The molecule has 11 heteroatoms. The number of halogens is 5. The fraction of sp³-hybridized carbons (Fsp3) is 0.278. The normalized spacial score (nSPS) is 17.8. The number of hydrogen-bond acceptors (Lipinski definition) is 3. The van der Waals surface area contributed by atoms with E-state index < -0.39 is 68.6 Å². The smallest absolute Gasteiger partial charge is 0.258 e. The van der Waals surface area contributed by atoms with Crippen molar-refractivity contribution in [3.05, 3.63) is 59.4 Å². The van der Waals surface area contributed by atoms with E-state index in [4.69, 9.17) is 0 Å². The fourth-order valence-electron chi connectivity index (χ4n) is 2.72. The van der Waals surface area contributed by atoms with Gasteiger partial charge in [0.05, 0.1) is 23.8 Å². The van der Waals surface area contributed by atoms with Gasteiger partial charge in [-0.3, -0.25) is 13.6 Å². The van der Waals surface area contributed by atoms with Gasteiger partial charge in [0.2, 0.25) is 10.0 Å². The van der Waals surface area contributed by atoms with Gasteiger partial charge in [0.15, 0.2) is 11.6 Å². The summed E-state index contributed by atoms with van der Waals surface area (Å²) in [4.78, 5) is 11.8. The van der Waals surface area contributed by atoms with Gasteiger partial charge in [-0.15, -0.1) is 0 Å². The zero-order chi connectivity index (χ0) is 21.4. The van der Waals surface area contributed by atoms with Crippen LogP contribution in [0.25, 0.3) is 0 Å². The minimum Gasteiger partial charge on any atom is -0.322 e. The van der Waals surface area contributed by atoms with Gasteiger partial charge < -0.3 is 5.32 Å². The molecule has 1 fully saturated rings. The Kier molecular flexibility index (Phi) is 5.63. The van der Waals surface area contributed by atoms with E-state index in [1.54, 1.807) is 0 Å². The molecule has 1 saturated carbocycles. The summed E-state index contributed by atoms with van der Waals surface area (Å²) in [6, 6.07) is 3.88. The summed E-state index contributed by atoms with van der Waals surface area (Å²) in [6.07, 6.45) is -0.0239. The third-order valence-electron chi connectivity index (χ3n) is 4.69. The molecule has 29 heavy (non-hydrogen) atoms. The molecule has 0 radical (unpaired) electrons. The first-order valence-electron chi connectivity index (χ1n) is 8.32. The second kappa shape index (κ2) is 7.71. The van der Waals surface area contributed by atoms with Crippen molar-refractivity contribution in [1.82, 2.24) is 4.72 Å². The van der Waals surface area contributed by atoms with Crippen LogP contribution < -0.4 is 10.0 Å². The number of alkyl halides is 2. The number of carbonyl (C=O) groups excluding carboxylic acids is 1. The SMILES string of the molecule is O=C(Nc1ccc(F)c(F)c1)c1cc(S(=O)(=O)NC2CC2(CF)CF)ccc1F. The lowest BCUT2D eigenvalue weighted by Crippen LogP contribution is -2.31. The first-order valence-corrected chi connectivity index (χ1v) is 9.80. The molecule has 1 aliphatic rings. The van der Waals surface area contributed by atoms with Crippen LogP contribution in [0.5, 0.6) is 0 Å². The molecule has 2 aromatic carbocycles. The molecule has 0 aliphatic heterocycles. The molecular formula is C18H15F5N2O3S. The van der Waals surface area contributed by atoms with Crippen molar-refractivity contribution in [3.8, 4) is 0 Å². The van der Waals surface area contributed by atoms with Crippen LogP contribution in [0.3, 0.4) is 0 Å². The number of anilines is 1. The Labute approximate surface area is 163 Å². The average molecular weight is 434 g/mol. The summed E-state index contributed by atoms with van der Waals surface area (Å²) in [7, 11) is -4.29. The molecule has 0 saturated heterocycles. The molecule has 2 aromatic rings. The maximum Gasteiger partial charge on any atom is 0.258 e. The summed E-state index contributed by atoms with van der Waals surface area (Å²) in [5.74, 6) is -4.54. The lowest BCUT2D eigenvalue weighted by atomic mass is 10.1. The second-order valence-electron chi connectivity index (χ2n) is 6.73. The van der Waals surface area contributed by atoms with Crippen LogP contribution in [0.4, 0.5) is 27.6 Å². The maximum atomic E-state index is 14.1. The topological polar surface area (TPSA) is 75.3 Å². The van der Waals surface area contributed by atoms with Gasteiger partial charge in [-0.25, -0.2) is 26.3 Å². The van der Waals surface area contributed by atoms with Gasteiger partial charge >= 0.3 is 0 Å². The van der Waals surface area contributed by atoms with E-state index in [0.717, 1.165) is 30.3 Å². The number of hydrogen-bond donors (Lipinski definition) is 2. The van der Waals surface area contributed by atoms with Crippen molar-refractivity contribution in [1.29, 1.82) is 0 Å². The molecule has 0 aromatic heterocycles. The van der Waals surface area contributed by atoms with Crippen LogP contribution in [0.1, 0.15) is 16.8 Å². The third kappa shape index (κ3) is 4.25. The summed E-state index contributed by atoms with van der Waals surface area (Å²) in [6.45, 7) is -2.08. The van der Waals surface area contributed by atoms with Crippen molar-refractivity contribution >= 4 is 21.6 Å². The average Bonchev–Trinajstić information content (AvgIpc) is 3.37. The van der Waals surface area contributed by atoms with E-state index in [2.05, 4.69) is 10.0 Å². The molecule has 1 amide bonds. The monoisotopic (exact) mass is 434 g/mol. The maximum absolute atomic E-state index is 14.1. The Morgan fingerprint density at radius 1 is 1.00 bits per heavy atom. The first kappa shape index (κ1) is 21.2. The molecule has 1 atom stereocenters. The molecule has 2 N–H and O–H groups in total. The first-order chi connectivity index (χ1) is 13.6. The lowest BCUT2D eigenvalue weighted by Gasteiger charge is -2.12. The third-order valence-corrected chi connectivity index (χ3v) is 6.16. The molecule has 5 nitrogen and oxygen atoms in total. The highest BCUT2D eigenvalue weighted by atomic mass is 32.2. The summed E-state index contributed by atoms with van der Waals surface area (Å²) >= 11 is 0. The molecular weight excluding hydrogens is 419 g/mol. The zero-order valence-corrected chi connectivity index (χ0v) is 15.5. The number of sulfonamides is 1. The minimum absolute atomic E-state index is 0.0239. The van der Waals surface area contributed by atoms with E-state index in [1.165, 1.54) is 0 Å². The molecule has 1 aliphatic carbocycles. The van der Waals surface area contributed by atoms with Crippen LogP contribution >= 0.6 is 0 Å². The van der Waals surface area contributed by atoms with Crippen LogP contribution in [0.2, 0.25) is 0 Å². The highest BCUT2D eigenvalue weighted by Gasteiger charge is 2.56. The van der Waals surface area contributed by atoms with Crippen LogP contribution in [-0.2, 0) is 10.0 Å². The number of benzene rings is 2. The number of rotatable bonds is 7. The number of nitrogens with one attached hydrogen (secondary N) is 2. The number of carbonyl (C=O) groups is 1. The van der Waals surface area contributed by atoms with E-state index in [1.807, 2.05) is 0 Å². The van der Waals surface area contributed by atoms with Crippen molar-refractivity contribution < 1.29 is 35.2 Å². The quantitative estimate of drug-likeness (QED) is 0.657. The van der Waals surface area contributed by atoms with Gasteiger partial charge in [-0.2, -0.15) is 0 Å². The van der Waals surface area contributed by atoms with Crippen molar-refractivity contribution in [3.63, 3.8) is 0 Å². The highest BCUT2D eigenvalue weighted by molar-refractivity contribution is 7.89. The Morgan fingerprint density at radius 2 is 1.66 bits per heavy atom. The Morgan fingerprint density at radius 3 is 2.24 bits per heavy atom. The Bertz CT molecular complexity index is 1060. The van der Waals surface area contributed by atoms with E-state index in [-0.39, 0.29) is 12.1 Å². The molecule has 0 heterocycles. The van der Waals surface area contributed by atoms with Gasteiger partial charge in [-0.05, 0) is 36.8 Å². The van der Waals surface area contributed by atoms with Crippen molar-refractivity contribution in [2.75, 3.05) is 18.7 Å². The van der Waals surface area contributed by atoms with Gasteiger partial charge in [-0.1, -0.05) is 0 Å². The van der Waals surface area contributed by atoms with Crippen LogP contribution in [0, 0.1) is 22.9 Å². The molecule has 3 rings (SSSR count). The van der Waals surface area contributed by atoms with E-state index in [0.29, 0.717) is 6.07 Å². The number of amides is 1. The predicted octanol–water partition coefficient (Wildman–Crippen LogP) is 3.33. The lowest BCUT2D eigenvalue weighted by molar-refractivity contribution is 0.102. The van der Waals surface area contributed by atoms with Gasteiger partial charge in [0.25, 0.3) is 5.91 Å². The van der Waals surface area contributed by atoms with E-state index in [9.17, 15) is 35.2 Å². The summed E-state index contributed by atoms with van der Waals surface area (Å²) in [5.41, 5.74) is -2.25. The Balaban J connectivity index is 1.82. The molecule has 1 unspecified atom stereocenters. The van der Waals surface area contributed by atoms with Gasteiger partial charge in [0.1, 0.15) is 5.82 Å². The fourth-order valence-corrected chi connectivity index (χ4v) is 4.08. The zero-order valence-electron chi connectivity index (χ0n) is 14.7. The molecule has 0 bridgehead atoms. The summed E-state index contributed by atoms with van der Waals surface area (Å²) in [5, 5.41) is 2.13. The molecule has 0 spiro atoms. The minimum atomic E-state index is -4.29. The van der Waals surface area contributed by atoms with Crippen molar-refractivity contribution in [2.45, 2.75) is 17.4 Å². The second-order valence-corrected chi connectivity index (χ2v) is 8.45. The van der Waals surface area contributed by atoms with Gasteiger partial charge in [0, 0.05) is 23.2 Å². The van der Waals surface area contributed by atoms with Crippen LogP contribution in [-0.4, -0.2) is 33.7 Å². The standard InChI is InChI=1S/C18H15F5N2O3S/c19-8-18(9-20)7-16(18)25-29(27,28)11-2-4-13(21)12(6-11)17(26)24-10-1-3-14(22)15(23)5-10/h1-6,16,25H,7-9H2,(H,24,26). The highest BCUT2D eigenvalue weighted by Crippen LogP contribution is 2.47. The van der Waals surface area contributed by atoms with E-state index >= 15 is 0 Å². The summed E-state index contributed by atoms with van der Waals surface area (Å²) < 4.78 is 93.1.